The maximum atomic E-state index is 12.6. The van der Waals surface area contributed by atoms with Gasteiger partial charge in [-0.1, -0.05) is 50.6 Å². The standard InChI is InChI=1S/C25H23ClN4O2S/c1-25(2,3)23-29-21(16-10-12-27-13-11-16)22(33-23)17-6-4-9-20(14-17)30(32)24(31)28-19-8-5-7-18(26)15-19/h4-15,32H,1-3H3,(H,28,31). The Hall–Kier alpha value is -3.26. The monoisotopic (exact) mass is 478 g/mol. The second-order valence-corrected chi connectivity index (χ2v) is 9.92. The number of pyridine rings is 1. The molecule has 2 heterocycles. The fraction of sp³-hybridized carbons (Fsp3) is 0.160. The molecule has 2 aromatic carbocycles. The van der Waals surface area contributed by atoms with Gasteiger partial charge in [-0.3, -0.25) is 10.2 Å². The highest BCUT2D eigenvalue weighted by Gasteiger charge is 2.24. The van der Waals surface area contributed by atoms with Gasteiger partial charge in [0.05, 0.1) is 21.3 Å². The number of benzene rings is 2. The number of urea groups is 1. The molecule has 0 aliphatic heterocycles. The first-order valence-corrected chi connectivity index (χ1v) is 11.5. The maximum absolute atomic E-state index is 12.6. The van der Waals surface area contributed by atoms with Crippen molar-refractivity contribution < 1.29 is 10.0 Å². The first-order chi connectivity index (χ1) is 15.7. The zero-order chi connectivity index (χ0) is 23.6. The molecule has 2 N–H and O–H groups in total. The Morgan fingerprint density at radius 1 is 1.03 bits per heavy atom. The summed E-state index contributed by atoms with van der Waals surface area (Å²) < 4.78 is 0. The van der Waals surface area contributed by atoms with Crippen LogP contribution in [-0.4, -0.2) is 21.2 Å². The third-order valence-corrected chi connectivity index (χ3v) is 6.61. The van der Waals surface area contributed by atoms with Crippen molar-refractivity contribution in [3.05, 3.63) is 83.1 Å². The van der Waals surface area contributed by atoms with Gasteiger partial charge in [0.1, 0.15) is 0 Å². The van der Waals surface area contributed by atoms with E-state index in [4.69, 9.17) is 16.6 Å². The third kappa shape index (κ3) is 5.22. The van der Waals surface area contributed by atoms with Crippen LogP contribution in [0, 0.1) is 0 Å². The number of carbonyl (C=O) groups is 1. The average Bonchev–Trinajstić information content (AvgIpc) is 3.25. The van der Waals surface area contributed by atoms with Gasteiger partial charge in [0, 0.05) is 34.1 Å². The number of nitrogens with one attached hydrogen (secondary N) is 1. The Bertz CT molecular complexity index is 1290. The number of hydrogen-bond acceptors (Lipinski definition) is 5. The first-order valence-electron chi connectivity index (χ1n) is 10.3. The molecule has 33 heavy (non-hydrogen) atoms. The minimum Gasteiger partial charge on any atom is -0.306 e. The van der Waals surface area contributed by atoms with Crippen LogP contribution in [0.4, 0.5) is 16.2 Å². The smallest absolute Gasteiger partial charge is 0.306 e. The number of thiazole rings is 1. The van der Waals surface area contributed by atoms with Crippen molar-refractivity contribution in [1.82, 2.24) is 9.97 Å². The molecular formula is C25H23ClN4O2S. The fourth-order valence-electron chi connectivity index (χ4n) is 3.18. The molecule has 2 amide bonds. The lowest BCUT2D eigenvalue weighted by Crippen LogP contribution is -2.31. The Morgan fingerprint density at radius 2 is 1.76 bits per heavy atom. The number of hydrogen-bond donors (Lipinski definition) is 2. The number of rotatable bonds is 4. The molecule has 4 aromatic rings. The van der Waals surface area contributed by atoms with Crippen molar-refractivity contribution in [1.29, 1.82) is 0 Å². The van der Waals surface area contributed by atoms with Crippen LogP contribution in [0.3, 0.4) is 0 Å². The molecule has 0 saturated carbocycles. The highest BCUT2D eigenvalue weighted by atomic mass is 35.5. The van der Waals surface area contributed by atoms with Crippen LogP contribution in [0.5, 0.6) is 0 Å². The fourth-order valence-corrected chi connectivity index (χ4v) is 4.51. The SMILES string of the molecule is CC(C)(C)c1nc(-c2ccncc2)c(-c2cccc(N(O)C(=O)Nc3cccc(Cl)c3)c2)s1. The van der Waals surface area contributed by atoms with Gasteiger partial charge in [-0.15, -0.1) is 11.3 Å². The summed E-state index contributed by atoms with van der Waals surface area (Å²) >= 11 is 7.58. The molecule has 0 atom stereocenters. The van der Waals surface area contributed by atoms with Gasteiger partial charge in [-0.05, 0) is 48.0 Å². The summed E-state index contributed by atoms with van der Waals surface area (Å²) in [5.41, 5.74) is 3.34. The molecule has 6 nitrogen and oxygen atoms in total. The zero-order valence-electron chi connectivity index (χ0n) is 18.4. The predicted molar refractivity (Wildman–Crippen MR) is 134 cm³/mol. The molecule has 4 rings (SSSR count). The van der Waals surface area contributed by atoms with Crippen LogP contribution < -0.4 is 10.4 Å². The molecule has 8 heteroatoms. The number of carbonyl (C=O) groups excluding carboxylic acids is 1. The summed E-state index contributed by atoms with van der Waals surface area (Å²) in [4.78, 5) is 22.6. The molecule has 0 aliphatic rings. The topological polar surface area (TPSA) is 78.3 Å². The first kappa shape index (κ1) is 22.9. The largest absolute Gasteiger partial charge is 0.350 e. The van der Waals surface area contributed by atoms with Gasteiger partial charge in [0.15, 0.2) is 0 Å². The number of amides is 2. The summed E-state index contributed by atoms with van der Waals surface area (Å²) in [5.74, 6) is 0. The lowest BCUT2D eigenvalue weighted by Gasteiger charge is -2.17. The molecular weight excluding hydrogens is 456 g/mol. The molecule has 0 spiro atoms. The molecule has 0 radical (unpaired) electrons. The lowest BCUT2D eigenvalue weighted by molar-refractivity contribution is 0.216. The van der Waals surface area contributed by atoms with Crippen LogP contribution in [0.1, 0.15) is 25.8 Å². The molecule has 0 fully saturated rings. The van der Waals surface area contributed by atoms with Crippen LogP contribution in [0.2, 0.25) is 5.02 Å². The van der Waals surface area contributed by atoms with Gasteiger partial charge >= 0.3 is 6.03 Å². The molecule has 0 bridgehead atoms. The highest BCUT2D eigenvalue weighted by molar-refractivity contribution is 7.15. The van der Waals surface area contributed by atoms with Gasteiger partial charge in [0.2, 0.25) is 0 Å². The number of anilines is 2. The van der Waals surface area contributed by atoms with Crippen molar-refractivity contribution in [3.63, 3.8) is 0 Å². The second kappa shape index (κ2) is 9.31. The Morgan fingerprint density at radius 3 is 2.45 bits per heavy atom. The minimum atomic E-state index is -0.691. The van der Waals surface area contributed by atoms with Gasteiger partial charge < -0.3 is 5.32 Å². The summed E-state index contributed by atoms with van der Waals surface area (Å²) in [6.45, 7) is 6.37. The Labute approximate surface area is 201 Å². The second-order valence-electron chi connectivity index (χ2n) is 8.49. The van der Waals surface area contributed by atoms with E-state index < -0.39 is 6.03 Å². The van der Waals surface area contributed by atoms with E-state index in [1.807, 2.05) is 18.2 Å². The number of hydroxylamine groups is 1. The predicted octanol–water partition coefficient (Wildman–Crippen LogP) is 7.25. The quantitative estimate of drug-likeness (QED) is 0.239. The van der Waals surface area contributed by atoms with Crippen molar-refractivity contribution in [2.75, 3.05) is 10.4 Å². The zero-order valence-corrected chi connectivity index (χ0v) is 20.0. The van der Waals surface area contributed by atoms with E-state index in [-0.39, 0.29) is 5.41 Å². The third-order valence-electron chi connectivity index (χ3n) is 4.84. The molecule has 2 aromatic heterocycles. The van der Waals surface area contributed by atoms with E-state index in [0.29, 0.717) is 21.5 Å². The average molecular weight is 479 g/mol. The van der Waals surface area contributed by atoms with Gasteiger partial charge in [-0.25, -0.2) is 9.78 Å². The van der Waals surface area contributed by atoms with E-state index in [1.165, 1.54) is 0 Å². The van der Waals surface area contributed by atoms with Crippen molar-refractivity contribution in [2.24, 2.45) is 0 Å². The van der Waals surface area contributed by atoms with Crippen LogP contribution in [0.15, 0.2) is 73.1 Å². The number of halogens is 1. The molecule has 0 unspecified atom stereocenters. The van der Waals surface area contributed by atoms with E-state index >= 15 is 0 Å². The summed E-state index contributed by atoms with van der Waals surface area (Å²) in [5, 5.41) is 15.3. The molecule has 0 aliphatic carbocycles. The Kier molecular flexibility index (Phi) is 6.47. The van der Waals surface area contributed by atoms with E-state index in [9.17, 15) is 10.0 Å². The highest BCUT2D eigenvalue weighted by Crippen LogP contribution is 2.41. The molecule has 168 valence electrons. The maximum Gasteiger partial charge on any atom is 0.350 e. The normalized spacial score (nSPS) is 11.3. The van der Waals surface area contributed by atoms with Crippen LogP contribution >= 0.6 is 22.9 Å². The van der Waals surface area contributed by atoms with Crippen molar-refractivity contribution >= 4 is 40.3 Å². The van der Waals surface area contributed by atoms with Crippen LogP contribution in [0.25, 0.3) is 21.7 Å². The summed E-state index contributed by atoms with van der Waals surface area (Å²) in [7, 11) is 0. The van der Waals surface area contributed by atoms with E-state index in [2.05, 4.69) is 31.1 Å². The summed E-state index contributed by atoms with van der Waals surface area (Å²) in [6, 6.07) is 17.1. The minimum absolute atomic E-state index is 0.123. The van der Waals surface area contributed by atoms with Crippen LogP contribution in [-0.2, 0) is 5.41 Å². The van der Waals surface area contributed by atoms with Crippen molar-refractivity contribution in [2.45, 2.75) is 26.2 Å². The number of nitrogens with zero attached hydrogens (tertiary/aromatic N) is 3. The molecule has 0 saturated heterocycles. The van der Waals surface area contributed by atoms with Crippen molar-refractivity contribution in [3.8, 4) is 21.7 Å². The Balaban J connectivity index is 1.69. The van der Waals surface area contributed by atoms with E-state index in [1.54, 1.807) is 66.2 Å². The van der Waals surface area contributed by atoms with E-state index in [0.717, 1.165) is 26.7 Å². The van der Waals surface area contributed by atoms with Gasteiger partial charge in [0.25, 0.3) is 0 Å². The van der Waals surface area contributed by atoms with Gasteiger partial charge in [-0.2, -0.15) is 5.06 Å². The number of aromatic nitrogens is 2. The summed E-state index contributed by atoms with van der Waals surface area (Å²) in [6.07, 6.45) is 3.47. The lowest BCUT2D eigenvalue weighted by atomic mass is 9.98.